The summed E-state index contributed by atoms with van der Waals surface area (Å²) in [7, 11) is 1.69. The van der Waals surface area contributed by atoms with E-state index >= 15 is 0 Å². The predicted octanol–water partition coefficient (Wildman–Crippen LogP) is 3.63. The molecule has 4 heterocycles. The molecule has 34 heavy (non-hydrogen) atoms. The van der Waals surface area contributed by atoms with Crippen LogP contribution < -0.4 is 5.32 Å². The normalized spacial score (nSPS) is 18.1. The van der Waals surface area contributed by atoms with E-state index in [0.717, 1.165) is 16.9 Å². The SMILES string of the molecule is CO[C@H]1CCN(C(=O)OCc2ccccc2)C[C@@H]1Nc1ccnc(-c2cnc3ccccn23)n1. The Morgan fingerprint density at radius 3 is 2.82 bits per heavy atom. The number of nitrogens with one attached hydrogen (secondary N) is 1. The summed E-state index contributed by atoms with van der Waals surface area (Å²) in [5.74, 6) is 1.22. The highest BCUT2D eigenvalue weighted by Gasteiger charge is 2.32. The van der Waals surface area contributed by atoms with Gasteiger partial charge in [0.2, 0.25) is 0 Å². The van der Waals surface area contributed by atoms with E-state index in [9.17, 15) is 4.79 Å². The fourth-order valence-electron chi connectivity index (χ4n) is 4.18. The van der Waals surface area contributed by atoms with Crippen LogP contribution in [-0.2, 0) is 16.1 Å². The molecule has 1 aliphatic heterocycles. The zero-order valence-corrected chi connectivity index (χ0v) is 18.9. The van der Waals surface area contributed by atoms with Gasteiger partial charge in [-0.3, -0.25) is 4.40 Å². The summed E-state index contributed by atoms with van der Waals surface area (Å²) < 4.78 is 13.2. The number of benzene rings is 1. The fraction of sp³-hybridized carbons (Fsp3) is 0.280. The molecule has 2 atom stereocenters. The topological polar surface area (TPSA) is 93.9 Å². The minimum Gasteiger partial charge on any atom is -0.445 e. The van der Waals surface area contributed by atoms with Crippen LogP contribution in [0.1, 0.15) is 12.0 Å². The summed E-state index contributed by atoms with van der Waals surface area (Å²) in [6.45, 7) is 1.26. The number of piperidine rings is 1. The molecule has 0 radical (unpaired) electrons. The summed E-state index contributed by atoms with van der Waals surface area (Å²) in [6.07, 6.45) is 5.70. The van der Waals surface area contributed by atoms with Crippen LogP contribution >= 0.6 is 0 Å². The van der Waals surface area contributed by atoms with Gasteiger partial charge in [0.05, 0.1) is 18.3 Å². The van der Waals surface area contributed by atoms with Gasteiger partial charge in [0, 0.05) is 32.6 Å². The molecule has 0 unspecified atom stereocenters. The van der Waals surface area contributed by atoms with E-state index in [1.165, 1.54) is 0 Å². The zero-order chi connectivity index (χ0) is 23.3. The summed E-state index contributed by atoms with van der Waals surface area (Å²) in [5.41, 5.74) is 2.59. The number of likely N-dealkylation sites (tertiary alicyclic amines) is 1. The molecule has 1 N–H and O–H groups in total. The molecule has 1 aromatic carbocycles. The lowest BCUT2D eigenvalue weighted by Gasteiger charge is -2.37. The summed E-state index contributed by atoms with van der Waals surface area (Å²) >= 11 is 0. The second-order valence-corrected chi connectivity index (χ2v) is 8.14. The third kappa shape index (κ3) is 4.69. The van der Waals surface area contributed by atoms with Crippen molar-refractivity contribution in [1.82, 2.24) is 24.3 Å². The lowest BCUT2D eigenvalue weighted by Crippen LogP contribution is -2.53. The molecule has 1 fully saturated rings. The maximum Gasteiger partial charge on any atom is 0.410 e. The number of ether oxygens (including phenoxy) is 2. The number of fused-ring (bicyclic) bond motifs is 1. The van der Waals surface area contributed by atoms with Gasteiger partial charge in [-0.15, -0.1) is 0 Å². The number of rotatable bonds is 6. The number of amides is 1. The first kappa shape index (κ1) is 21.8. The Balaban J connectivity index is 1.28. The minimum absolute atomic E-state index is 0.0626. The van der Waals surface area contributed by atoms with Crippen molar-refractivity contribution in [3.8, 4) is 11.5 Å². The molecule has 0 saturated carbocycles. The van der Waals surface area contributed by atoms with Gasteiger partial charge < -0.3 is 19.7 Å². The molecule has 174 valence electrons. The molecule has 1 saturated heterocycles. The van der Waals surface area contributed by atoms with Gasteiger partial charge in [0.1, 0.15) is 23.8 Å². The van der Waals surface area contributed by atoms with Crippen molar-refractivity contribution >= 4 is 17.6 Å². The number of hydrogen-bond acceptors (Lipinski definition) is 7. The number of hydrogen-bond donors (Lipinski definition) is 1. The largest absolute Gasteiger partial charge is 0.445 e. The van der Waals surface area contributed by atoms with Gasteiger partial charge in [0.25, 0.3) is 0 Å². The van der Waals surface area contributed by atoms with E-state index in [-0.39, 0.29) is 24.8 Å². The van der Waals surface area contributed by atoms with E-state index in [2.05, 4.69) is 15.3 Å². The number of carbonyl (C=O) groups excluding carboxylic acids is 1. The van der Waals surface area contributed by atoms with Crippen LogP contribution in [0.4, 0.5) is 10.6 Å². The Hall–Kier alpha value is -3.98. The molecule has 3 aromatic heterocycles. The van der Waals surface area contributed by atoms with Crippen LogP contribution in [0.5, 0.6) is 0 Å². The van der Waals surface area contributed by atoms with Crippen molar-refractivity contribution in [1.29, 1.82) is 0 Å². The first-order valence-electron chi connectivity index (χ1n) is 11.2. The smallest absolute Gasteiger partial charge is 0.410 e. The van der Waals surface area contributed by atoms with Gasteiger partial charge >= 0.3 is 6.09 Å². The van der Waals surface area contributed by atoms with Crippen LogP contribution in [0.3, 0.4) is 0 Å². The van der Waals surface area contributed by atoms with E-state index in [0.29, 0.717) is 31.2 Å². The predicted molar refractivity (Wildman–Crippen MR) is 127 cm³/mol. The zero-order valence-electron chi connectivity index (χ0n) is 18.9. The summed E-state index contributed by atoms with van der Waals surface area (Å²) in [6, 6.07) is 17.1. The standard InChI is InChI=1S/C25H26N6O3/c1-33-21-11-14-30(25(32)34-17-18-7-3-2-4-8-18)16-19(21)28-22-10-12-26-24(29-22)20-15-27-23-9-5-6-13-31(20)23/h2-10,12-13,15,19,21H,11,14,16-17H2,1H3,(H,26,28,29)/t19-,21-/m0/s1. The number of carbonyl (C=O) groups is 1. The molecule has 9 heteroatoms. The average molecular weight is 459 g/mol. The molecule has 1 amide bonds. The first-order chi connectivity index (χ1) is 16.7. The van der Waals surface area contributed by atoms with Gasteiger partial charge in [0.15, 0.2) is 5.82 Å². The van der Waals surface area contributed by atoms with Crippen LogP contribution in [0, 0.1) is 0 Å². The van der Waals surface area contributed by atoms with Crippen molar-refractivity contribution in [3.05, 3.63) is 78.8 Å². The Bertz CT molecular complexity index is 1260. The number of anilines is 1. The third-order valence-electron chi connectivity index (χ3n) is 5.95. The fourth-order valence-corrected chi connectivity index (χ4v) is 4.18. The van der Waals surface area contributed by atoms with E-state index in [1.807, 2.05) is 65.2 Å². The van der Waals surface area contributed by atoms with Crippen molar-refractivity contribution in [2.75, 3.05) is 25.5 Å². The van der Waals surface area contributed by atoms with E-state index < -0.39 is 0 Å². The van der Waals surface area contributed by atoms with Gasteiger partial charge in [-0.25, -0.2) is 19.7 Å². The molecule has 0 spiro atoms. The number of nitrogens with zero attached hydrogens (tertiary/aromatic N) is 5. The molecular formula is C25H26N6O3. The second kappa shape index (κ2) is 9.88. The van der Waals surface area contributed by atoms with Crippen molar-refractivity contribution in [3.63, 3.8) is 0 Å². The number of imidazole rings is 1. The van der Waals surface area contributed by atoms with Crippen LogP contribution in [0.15, 0.2) is 73.2 Å². The highest BCUT2D eigenvalue weighted by molar-refractivity contribution is 5.68. The molecule has 4 aromatic rings. The average Bonchev–Trinajstić information content (AvgIpc) is 3.32. The molecule has 5 rings (SSSR count). The lowest BCUT2D eigenvalue weighted by molar-refractivity contribution is 0.0232. The highest BCUT2D eigenvalue weighted by atomic mass is 16.6. The molecule has 0 bridgehead atoms. The Morgan fingerprint density at radius 1 is 1.12 bits per heavy atom. The van der Waals surface area contributed by atoms with Crippen LogP contribution in [0.2, 0.25) is 0 Å². The maximum atomic E-state index is 12.7. The molecule has 0 aliphatic carbocycles. The molecule has 1 aliphatic rings. The van der Waals surface area contributed by atoms with Crippen molar-refractivity contribution in [2.45, 2.75) is 25.2 Å². The Labute approximate surface area is 197 Å². The highest BCUT2D eigenvalue weighted by Crippen LogP contribution is 2.22. The van der Waals surface area contributed by atoms with E-state index in [1.54, 1.807) is 24.4 Å². The van der Waals surface area contributed by atoms with Crippen molar-refractivity contribution < 1.29 is 14.3 Å². The van der Waals surface area contributed by atoms with Crippen LogP contribution in [-0.4, -0.2) is 62.7 Å². The molecule has 9 nitrogen and oxygen atoms in total. The number of aromatic nitrogens is 4. The third-order valence-corrected chi connectivity index (χ3v) is 5.95. The summed E-state index contributed by atoms with van der Waals surface area (Å²) in [4.78, 5) is 28.0. The Morgan fingerprint density at radius 2 is 1.97 bits per heavy atom. The first-order valence-corrected chi connectivity index (χ1v) is 11.2. The van der Waals surface area contributed by atoms with E-state index in [4.69, 9.17) is 14.5 Å². The van der Waals surface area contributed by atoms with Gasteiger partial charge in [-0.2, -0.15) is 0 Å². The van der Waals surface area contributed by atoms with Gasteiger partial charge in [-0.05, 0) is 30.2 Å². The van der Waals surface area contributed by atoms with Crippen molar-refractivity contribution in [2.24, 2.45) is 0 Å². The number of methoxy groups -OCH3 is 1. The molecular weight excluding hydrogens is 432 g/mol. The minimum atomic E-state index is -0.334. The monoisotopic (exact) mass is 458 g/mol. The van der Waals surface area contributed by atoms with Crippen LogP contribution in [0.25, 0.3) is 17.2 Å². The summed E-state index contributed by atoms with van der Waals surface area (Å²) in [5, 5.41) is 3.44. The van der Waals surface area contributed by atoms with Gasteiger partial charge in [-0.1, -0.05) is 36.4 Å². The quantitative estimate of drug-likeness (QED) is 0.472. The lowest BCUT2D eigenvalue weighted by atomic mass is 10.0. The Kier molecular flexibility index (Phi) is 6.35. The number of pyridine rings is 1. The second-order valence-electron chi connectivity index (χ2n) is 8.14. The maximum absolute atomic E-state index is 12.7.